The first-order valence-corrected chi connectivity index (χ1v) is 10.2. The van der Waals surface area contributed by atoms with E-state index in [0.29, 0.717) is 13.1 Å². The zero-order chi connectivity index (χ0) is 20.8. The summed E-state index contributed by atoms with van der Waals surface area (Å²) in [5, 5.41) is 7.25. The second-order valence-electron chi connectivity index (χ2n) is 7.45. The summed E-state index contributed by atoms with van der Waals surface area (Å²) in [6, 6.07) is 6.65. The summed E-state index contributed by atoms with van der Waals surface area (Å²) in [6.45, 7) is 2.48. The van der Waals surface area contributed by atoms with Crippen LogP contribution in [0.4, 0.5) is 19.0 Å². The predicted molar refractivity (Wildman–Crippen MR) is 106 cm³/mol. The van der Waals surface area contributed by atoms with Gasteiger partial charge >= 0.3 is 6.18 Å². The molecule has 1 aromatic heterocycles. The minimum Gasteiger partial charge on any atom is -0.362 e. The van der Waals surface area contributed by atoms with Crippen LogP contribution in [0.2, 0.25) is 0 Å². The molecule has 2 atom stereocenters. The number of carbonyl (C=O) groups excluding carboxylic acids is 1. The topological polar surface area (TPSA) is 53.4 Å². The number of piperazine rings is 1. The van der Waals surface area contributed by atoms with Gasteiger partial charge in [-0.25, -0.2) is 4.68 Å². The van der Waals surface area contributed by atoms with E-state index in [9.17, 15) is 18.0 Å². The van der Waals surface area contributed by atoms with Gasteiger partial charge in [-0.2, -0.15) is 18.3 Å². The molecule has 1 saturated heterocycles. The monoisotopic (exact) mass is 471 g/mol. The van der Waals surface area contributed by atoms with Crippen LogP contribution in [0.3, 0.4) is 0 Å². The average molecular weight is 472 g/mol. The van der Waals surface area contributed by atoms with Gasteiger partial charge in [0.05, 0.1) is 10.5 Å². The van der Waals surface area contributed by atoms with Gasteiger partial charge in [0.2, 0.25) is 0 Å². The maximum atomic E-state index is 13.8. The zero-order valence-corrected chi connectivity index (χ0v) is 17.4. The molecule has 2 aliphatic heterocycles. The van der Waals surface area contributed by atoms with Gasteiger partial charge in [-0.05, 0) is 28.5 Å². The second-order valence-corrected chi connectivity index (χ2v) is 8.24. The zero-order valence-electron chi connectivity index (χ0n) is 15.8. The van der Waals surface area contributed by atoms with Crippen molar-refractivity contribution in [2.75, 3.05) is 38.5 Å². The molecule has 3 heterocycles. The number of benzene rings is 1. The van der Waals surface area contributed by atoms with Crippen molar-refractivity contribution in [3.05, 3.63) is 46.1 Å². The number of carbonyl (C=O) groups is 1. The molecule has 29 heavy (non-hydrogen) atoms. The SMILES string of the molecule is CN1CCN(C(=O)c2nn3c(c2Br)N[C@H](c2ccccc2)C[C@H]3C(F)(F)F)CC1. The Morgan fingerprint density at radius 3 is 2.45 bits per heavy atom. The lowest BCUT2D eigenvalue weighted by molar-refractivity contribution is -0.173. The van der Waals surface area contributed by atoms with Crippen molar-refractivity contribution in [3.63, 3.8) is 0 Å². The molecule has 1 fully saturated rings. The van der Waals surface area contributed by atoms with Crippen LogP contribution in [0.15, 0.2) is 34.8 Å². The maximum absolute atomic E-state index is 13.8. The number of nitrogens with zero attached hydrogens (tertiary/aromatic N) is 4. The Labute approximate surface area is 174 Å². The molecule has 1 N–H and O–H groups in total. The molecule has 156 valence electrons. The molecule has 0 radical (unpaired) electrons. The third-order valence-electron chi connectivity index (χ3n) is 5.49. The molecule has 0 aliphatic carbocycles. The molecule has 1 aromatic carbocycles. The Balaban J connectivity index is 1.69. The molecule has 0 spiro atoms. The Kier molecular flexibility index (Phi) is 5.32. The van der Waals surface area contributed by atoms with Gasteiger partial charge < -0.3 is 15.1 Å². The standard InChI is InChI=1S/C19H21BrF3N5O/c1-26-7-9-27(10-8-26)18(29)16-15(20)17-24-13(12-5-3-2-4-6-12)11-14(19(21,22)23)28(17)25-16/h2-6,13-14,24H,7-11H2,1H3/t13-,14-/m0/s1. The second kappa shape index (κ2) is 7.64. The summed E-state index contributed by atoms with van der Waals surface area (Å²) in [4.78, 5) is 16.7. The van der Waals surface area contributed by atoms with Gasteiger partial charge in [0.1, 0.15) is 5.82 Å². The lowest BCUT2D eigenvalue weighted by atomic mass is 9.97. The number of rotatable bonds is 2. The van der Waals surface area contributed by atoms with Gasteiger partial charge in [-0.3, -0.25) is 4.79 Å². The average Bonchev–Trinajstić information content (AvgIpc) is 3.04. The van der Waals surface area contributed by atoms with Crippen LogP contribution in [0.1, 0.15) is 34.6 Å². The van der Waals surface area contributed by atoms with Gasteiger partial charge in [-0.1, -0.05) is 30.3 Å². The summed E-state index contributed by atoms with van der Waals surface area (Å²) in [6.07, 6.45) is -4.68. The highest BCUT2D eigenvalue weighted by molar-refractivity contribution is 9.10. The lowest BCUT2D eigenvalue weighted by Gasteiger charge is -2.33. The molecular weight excluding hydrogens is 451 g/mol. The number of hydrogen-bond acceptors (Lipinski definition) is 4. The van der Waals surface area contributed by atoms with Crippen molar-refractivity contribution in [2.45, 2.75) is 24.7 Å². The van der Waals surface area contributed by atoms with E-state index in [4.69, 9.17) is 0 Å². The van der Waals surface area contributed by atoms with Gasteiger partial charge in [0, 0.05) is 32.6 Å². The predicted octanol–water partition coefficient (Wildman–Crippen LogP) is 3.69. The fourth-order valence-electron chi connectivity index (χ4n) is 3.79. The summed E-state index contributed by atoms with van der Waals surface area (Å²) in [5.74, 6) is -0.171. The van der Waals surface area contributed by atoms with Crippen LogP contribution in [0.25, 0.3) is 0 Å². The van der Waals surface area contributed by atoms with Crippen LogP contribution in [0, 0.1) is 0 Å². The first kappa shape index (κ1) is 20.2. The van der Waals surface area contributed by atoms with Crippen molar-refractivity contribution in [2.24, 2.45) is 0 Å². The molecular formula is C19H21BrF3N5O. The van der Waals surface area contributed by atoms with Gasteiger partial charge in [0.15, 0.2) is 11.7 Å². The Hall–Kier alpha value is -2.07. The molecule has 10 heteroatoms. The summed E-state index contributed by atoms with van der Waals surface area (Å²) in [7, 11) is 1.97. The van der Waals surface area contributed by atoms with Crippen molar-refractivity contribution < 1.29 is 18.0 Å². The molecule has 2 aliphatic rings. The highest BCUT2D eigenvalue weighted by Gasteiger charge is 2.48. The van der Waals surface area contributed by atoms with Crippen LogP contribution in [-0.2, 0) is 0 Å². The van der Waals surface area contributed by atoms with E-state index in [-0.39, 0.29) is 28.3 Å². The van der Waals surface area contributed by atoms with Crippen LogP contribution in [-0.4, -0.2) is 64.9 Å². The molecule has 6 nitrogen and oxygen atoms in total. The van der Waals surface area contributed by atoms with Gasteiger partial charge in [0.25, 0.3) is 5.91 Å². The highest BCUT2D eigenvalue weighted by Crippen LogP contribution is 2.46. The summed E-state index contributed by atoms with van der Waals surface area (Å²) < 4.78 is 42.7. The first-order chi connectivity index (χ1) is 13.8. The van der Waals surface area contributed by atoms with E-state index in [2.05, 4.69) is 31.2 Å². The van der Waals surface area contributed by atoms with Crippen LogP contribution < -0.4 is 5.32 Å². The third-order valence-corrected chi connectivity index (χ3v) is 6.24. The minimum atomic E-state index is -4.48. The Morgan fingerprint density at radius 2 is 1.83 bits per heavy atom. The number of halogens is 4. The number of amides is 1. The van der Waals surface area contributed by atoms with Crippen molar-refractivity contribution >= 4 is 27.7 Å². The van der Waals surface area contributed by atoms with E-state index in [1.165, 1.54) is 0 Å². The lowest BCUT2D eigenvalue weighted by Crippen LogP contribution is -2.47. The number of nitrogens with one attached hydrogen (secondary N) is 1. The van der Waals surface area contributed by atoms with Gasteiger partial charge in [-0.15, -0.1) is 0 Å². The van der Waals surface area contributed by atoms with Crippen molar-refractivity contribution in [3.8, 4) is 0 Å². The number of likely N-dealkylation sites (N-methyl/N-ethyl adjacent to an activating group) is 1. The molecule has 1 amide bonds. The largest absolute Gasteiger partial charge is 0.410 e. The highest BCUT2D eigenvalue weighted by atomic mass is 79.9. The molecule has 0 unspecified atom stereocenters. The van der Waals surface area contributed by atoms with Crippen LogP contribution >= 0.6 is 15.9 Å². The molecule has 0 bridgehead atoms. The van der Waals surface area contributed by atoms with E-state index in [1.54, 1.807) is 29.2 Å². The summed E-state index contributed by atoms with van der Waals surface area (Å²) in [5.41, 5.74) is 0.771. The molecule has 0 saturated carbocycles. The fourth-order valence-corrected chi connectivity index (χ4v) is 4.33. The van der Waals surface area contributed by atoms with E-state index in [1.807, 2.05) is 13.1 Å². The Morgan fingerprint density at radius 1 is 1.17 bits per heavy atom. The first-order valence-electron chi connectivity index (χ1n) is 9.39. The third kappa shape index (κ3) is 3.87. The Bertz CT molecular complexity index is 893. The number of hydrogen-bond donors (Lipinski definition) is 1. The fraction of sp³-hybridized carbons (Fsp3) is 0.474. The van der Waals surface area contributed by atoms with E-state index in [0.717, 1.165) is 23.3 Å². The number of anilines is 1. The summed E-state index contributed by atoms with van der Waals surface area (Å²) >= 11 is 3.34. The molecule has 4 rings (SSSR count). The molecule has 2 aromatic rings. The number of alkyl halides is 3. The van der Waals surface area contributed by atoms with Crippen molar-refractivity contribution in [1.82, 2.24) is 19.6 Å². The number of aromatic nitrogens is 2. The van der Waals surface area contributed by atoms with E-state index >= 15 is 0 Å². The maximum Gasteiger partial charge on any atom is 0.410 e. The normalized spacial score (nSPS) is 22.9. The quantitative estimate of drug-likeness (QED) is 0.725. The van der Waals surface area contributed by atoms with Crippen molar-refractivity contribution in [1.29, 1.82) is 0 Å². The smallest absolute Gasteiger partial charge is 0.362 e. The van der Waals surface area contributed by atoms with Crippen LogP contribution in [0.5, 0.6) is 0 Å². The van der Waals surface area contributed by atoms with E-state index < -0.39 is 18.3 Å². The minimum absolute atomic E-state index is 0.0139. The number of fused-ring (bicyclic) bond motifs is 1.